The van der Waals surface area contributed by atoms with Crippen LogP contribution < -0.4 is 10.1 Å². The number of nitrogens with one attached hydrogen (secondary N) is 1. The molecule has 7 nitrogen and oxygen atoms in total. The minimum Gasteiger partial charge on any atom is -0.469 e. The molecule has 2 fully saturated rings. The highest BCUT2D eigenvalue weighted by atomic mass is 19.3. The van der Waals surface area contributed by atoms with Crippen LogP contribution >= 0.6 is 0 Å². The lowest BCUT2D eigenvalue weighted by Crippen LogP contribution is -2.39. The first-order chi connectivity index (χ1) is 15.9. The largest absolute Gasteiger partial charge is 0.469 e. The quantitative estimate of drug-likeness (QED) is 0.556. The molecule has 3 aromatic rings. The van der Waals surface area contributed by atoms with E-state index in [0.717, 1.165) is 6.07 Å². The van der Waals surface area contributed by atoms with Crippen LogP contribution in [0.5, 0.6) is 5.88 Å². The normalized spacial score (nSPS) is 17.9. The summed E-state index contributed by atoms with van der Waals surface area (Å²) in [6.07, 6.45) is -0.361. The van der Waals surface area contributed by atoms with Gasteiger partial charge in [-0.2, -0.15) is 10.2 Å². The molecule has 0 radical (unpaired) electrons. The Labute approximate surface area is 187 Å². The van der Waals surface area contributed by atoms with Crippen molar-refractivity contribution in [2.75, 3.05) is 18.5 Å². The molecule has 0 unspecified atom stereocenters. The van der Waals surface area contributed by atoms with Crippen molar-refractivity contribution < 1.29 is 22.6 Å². The number of pyridine rings is 1. The molecule has 5 rings (SSSR count). The summed E-state index contributed by atoms with van der Waals surface area (Å²) in [5.74, 6) is -0.247. The maximum absolute atomic E-state index is 14.7. The van der Waals surface area contributed by atoms with Crippen LogP contribution in [0.25, 0.3) is 11.0 Å². The number of fused-ring (bicyclic) bond motifs is 1. The number of rotatable bonds is 7. The Morgan fingerprint density at radius 1 is 1.24 bits per heavy atom. The highest BCUT2D eigenvalue weighted by molar-refractivity contribution is 5.88. The lowest BCUT2D eigenvalue weighted by Gasteiger charge is -2.27. The Morgan fingerprint density at radius 3 is 2.64 bits per heavy atom. The third kappa shape index (κ3) is 3.82. The summed E-state index contributed by atoms with van der Waals surface area (Å²) in [5, 5.41) is 13.4. The van der Waals surface area contributed by atoms with Gasteiger partial charge in [0.15, 0.2) is 5.65 Å². The van der Waals surface area contributed by atoms with E-state index in [-0.39, 0.29) is 11.7 Å². The maximum atomic E-state index is 14.7. The molecule has 1 aromatic carbocycles. The molecule has 1 aliphatic carbocycles. The third-order valence-electron chi connectivity index (χ3n) is 6.07. The van der Waals surface area contributed by atoms with Gasteiger partial charge in [-0.15, -0.1) is 0 Å². The summed E-state index contributed by atoms with van der Waals surface area (Å²) in [6.45, 7) is 2.56. The van der Waals surface area contributed by atoms with Crippen LogP contribution in [0.1, 0.15) is 48.9 Å². The summed E-state index contributed by atoms with van der Waals surface area (Å²) in [5.41, 5.74) is -0.245. The van der Waals surface area contributed by atoms with Crippen LogP contribution in [0, 0.1) is 17.1 Å². The molecule has 1 atom stereocenters. The highest BCUT2D eigenvalue weighted by Gasteiger charge is 2.48. The zero-order chi connectivity index (χ0) is 23.2. The molecule has 0 amide bonds. The second-order valence-corrected chi connectivity index (χ2v) is 8.32. The fourth-order valence-electron chi connectivity index (χ4n) is 3.88. The van der Waals surface area contributed by atoms with Gasteiger partial charge in [0.2, 0.25) is 5.88 Å². The van der Waals surface area contributed by atoms with Crippen molar-refractivity contribution in [1.82, 2.24) is 15.0 Å². The van der Waals surface area contributed by atoms with Crippen molar-refractivity contribution in [2.45, 2.75) is 43.8 Å². The number of anilines is 1. The van der Waals surface area contributed by atoms with E-state index < -0.39 is 29.3 Å². The summed E-state index contributed by atoms with van der Waals surface area (Å²) < 4.78 is 52.0. The number of aromatic nitrogens is 3. The predicted octanol–water partition coefficient (Wildman–Crippen LogP) is 4.61. The molecule has 10 heteroatoms. The summed E-state index contributed by atoms with van der Waals surface area (Å²) in [7, 11) is 0. The maximum Gasteiger partial charge on any atom is 0.266 e. The number of halogens is 3. The number of hydrogen-bond acceptors (Lipinski definition) is 7. The molecule has 1 saturated carbocycles. The van der Waals surface area contributed by atoms with E-state index in [1.807, 2.05) is 0 Å². The van der Waals surface area contributed by atoms with Gasteiger partial charge < -0.3 is 14.8 Å². The Hall–Kier alpha value is -3.45. The lowest BCUT2D eigenvalue weighted by atomic mass is 9.97. The van der Waals surface area contributed by atoms with Crippen LogP contribution in [-0.4, -0.2) is 34.3 Å². The van der Waals surface area contributed by atoms with E-state index in [9.17, 15) is 18.4 Å². The number of alkyl halides is 2. The fraction of sp³-hybridized carbons (Fsp3) is 0.391. The van der Waals surface area contributed by atoms with E-state index in [1.165, 1.54) is 18.5 Å². The first-order valence-electron chi connectivity index (χ1n) is 10.6. The molecule has 0 spiro atoms. The molecule has 0 bridgehead atoms. The number of hydrogen-bond donors (Lipinski definition) is 1. The first-order valence-corrected chi connectivity index (χ1v) is 10.6. The highest BCUT2D eigenvalue weighted by Crippen LogP contribution is 2.51. The molecule has 170 valence electrons. The van der Waals surface area contributed by atoms with Gasteiger partial charge in [0.25, 0.3) is 6.43 Å². The zero-order valence-corrected chi connectivity index (χ0v) is 17.7. The Morgan fingerprint density at radius 2 is 2.00 bits per heavy atom. The van der Waals surface area contributed by atoms with Crippen molar-refractivity contribution in [2.24, 2.45) is 0 Å². The van der Waals surface area contributed by atoms with Crippen LogP contribution in [0.4, 0.5) is 19.0 Å². The Bertz CT molecular complexity index is 1250. The number of nitrogens with zero attached hydrogens (tertiary/aromatic N) is 4. The molecule has 1 N–H and O–H groups in total. The molecule has 2 aliphatic rings. The van der Waals surface area contributed by atoms with Crippen molar-refractivity contribution in [3.8, 4) is 11.9 Å². The van der Waals surface area contributed by atoms with E-state index in [1.54, 1.807) is 13.0 Å². The van der Waals surface area contributed by atoms with Gasteiger partial charge in [-0.1, -0.05) is 18.2 Å². The van der Waals surface area contributed by atoms with Crippen LogP contribution in [-0.2, 0) is 10.2 Å². The van der Waals surface area contributed by atoms with E-state index in [0.29, 0.717) is 54.4 Å². The number of nitriles is 1. The minimum atomic E-state index is -2.91. The van der Waals surface area contributed by atoms with Crippen LogP contribution in [0.2, 0.25) is 0 Å². The van der Waals surface area contributed by atoms with Gasteiger partial charge in [-0.3, -0.25) is 0 Å². The van der Waals surface area contributed by atoms with E-state index in [4.69, 9.17) is 9.47 Å². The molecule has 1 aliphatic heterocycles. The van der Waals surface area contributed by atoms with Crippen molar-refractivity contribution in [3.05, 3.63) is 53.1 Å². The minimum absolute atomic E-state index is 0.0911. The number of benzene rings is 1. The van der Waals surface area contributed by atoms with E-state index >= 15 is 0 Å². The van der Waals surface area contributed by atoms with Crippen molar-refractivity contribution in [1.29, 1.82) is 5.26 Å². The number of ether oxygens (including phenoxy) is 2. The van der Waals surface area contributed by atoms with Crippen molar-refractivity contribution >= 4 is 16.9 Å². The first kappa shape index (κ1) is 21.4. The van der Waals surface area contributed by atoms with Gasteiger partial charge in [0.1, 0.15) is 24.1 Å². The predicted molar refractivity (Wildman–Crippen MR) is 112 cm³/mol. The second kappa shape index (κ2) is 8.15. The zero-order valence-electron chi connectivity index (χ0n) is 17.7. The SMILES string of the molecule is C[C@@H](Nc1ncnc2nc(OC3COC3)c(C3(C#N)CC3)cc12)c1cccc(C(F)F)c1F. The standard InChI is InChI=1S/C23H20F3N5O2/c1-12(14-3-2-4-15(18(14)24)19(25)26)30-20-16-7-17(23(10-27)5-6-23)22(33-13-8-32-9-13)31-21(16)29-11-28-20/h2-4,7,11-13,19H,5-6,8-9H2,1H3,(H,28,29,30,31)/t12-/m1/s1. The topological polar surface area (TPSA) is 93.0 Å². The molecular weight excluding hydrogens is 435 g/mol. The van der Waals surface area contributed by atoms with Gasteiger partial charge in [-0.25, -0.2) is 23.1 Å². The fourth-order valence-corrected chi connectivity index (χ4v) is 3.88. The van der Waals surface area contributed by atoms with Crippen LogP contribution in [0.15, 0.2) is 30.6 Å². The van der Waals surface area contributed by atoms with Crippen LogP contribution in [0.3, 0.4) is 0 Å². The summed E-state index contributed by atoms with van der Waals surface area (Å²) in [4.78, 5) is 13.1. The summed E-state index contributed by atoms with van der Waals surface area (Å²) >= 11 is 0. The second-order valence-electron chi connectivity index (χ2n) is 8.32. The molecular formula is C23H20F3N5O2. The van der Waals surface area contributed by atoms with E-state index in [2.05, 4.69) is 26.3 Å². The van der Waals surface area contributed by atoms with Gasteiger partial charge in [0, 0.05) is 11.1 Å². The van der Waals surface area contributed by atoms with Gasteiger partial charge >= 0.3 is 0 Å². The van der Waals surface area contributed by atoms with Gasteiger partial charge in [0.05, 0.1) is 41.7 Å². The molecule has 33 heavy (non-hydrogen) atoms. The Balaban J connectivity index is 1.54. The molecule has 2 aromatic heterocycles. The summed E-state index contributed by atoms with van der Waals surface area (Å²) in [6, 6.07) is 7.39. The average molecular weight is 455 g/mol. The van der Waals surface area contributed by atoms with Gasteiger partial charge in [-0.05, 0) is 25.8 Å². The monoisotopic (exact) mass is 455 g/mol. The average Bonchev–Trinajstić information content (AvgIpc) is 3.57. The van der Waals surface area contributed by atoms with Crippen molar-refractivity contribution in [3.63, 3.8) is 0 Å². The molecule has 1 saturated heterocycles. The smallest absolute Gasteiger partial charge is 0.266 e. The Kier molecular flexibility index (Phi) is 5.29. The third-order valence-corrected chi connectivity index (χ3v) is 6.07. The lowest BCUT2D eigenvalue weighted by molar-refractivity contribution is -0.0816. The molecule has 3 heterocycles.